The second kappa shape index (κ2) is 9.26. The lowest BCUT2D eigenvalue weighted by Crippen LogP contribution is -2.34. The maximum Gasteiger partial charge on any atom is 0.0897 e. The van der Waals surface area contributed by atoms with Gasteiger partial charge in [-0.2, -0.15) is 0 Å². The number of aliphatic hydroxyl groups excluding tert-OH is 1. The van der Waals surface area contributed by atoms with Crippen molar-refractivity contribution in [3.63, 3.8) is 0 Å². The molecule has 120 valence electrons. The number of hydrogen-bond acceptors (Lipinski definition) is 4. The number of aliphatic hydroxyl groups is 1. The highest BCUT2D eigenvalue weighted by Gasteiger charge is 2.24. The molecule has 0 saturated heterocycles. The maximum atomic E-state index is 10.0. The van der Waals surface area contributed by atoms with E-state index in [4.69, 9.17) is 4.74 Å². The zero-order chi connectivity index (χ0) is 15.1. The summed E-state index contributed by atoms with van der Waals surface area (Å²) in [7, 11) is 0. The standard InChI is InChI=1S/C16H26BrNO2S/c1-2-12-5-3-4-6-15(12)20-11-13(19)9-18-10-16-14(17)7-8-21-16/h7-8,12-13,15,18-19H,2-6,9-11H2,1H3. The van der Waals surface area contributed by atoms with E-state index >= 15 is 0 Å². The van der Waals surface area contributed by atoms with Crippen molar-refractivity contribution in [1.29, 1.82) is 0 Å². The Balaban J connectivity index is 1.63. The van der Waals surface area contributed by atoms with Gasteiger partial charge in [-0.25, -0.2) is 0 Å². The van der Waals surface area contributed by atoms with Crippen molar-refractivity contribution < 1.29 is 9.84 Å². The molecule has 3 unspecified atom stereocenters. The molecule has 0 bridgehead atoms. The van der Waals surface area contributed by atoms with Crippen LogP contribution in [-0.4, -0.2) is 30.5 Å². The Morgan fingerprint density at radius 2 is 2.29 bits per heavy atom. The van der Waals surface area contributed by atoms with Gasteiger partial charge in [0.25, 0.3) is 0 Å². The van der Waals surface area contributed by atoms with Gasteiger partial charge >= 0.3 is 0 Å². The van der Waals surface area contributed by atoms with E-state index in [1.165, 1.54) is 30.6 Å². The van der Waals surface area contributed by atoms with Gasteiger partial charge in [0.1, 0.15) is 0 Å². The van der Waals surface area contributed by atoms with Crippen molar-refractivity contribution in [2.45, 2.75) is 57.8 Å². The smallest absolute Gasteiger partial charge is 0.0897 e. The minimum Gasteiger partial charge on any atom is -0.389 e. The Morgan fingerprint density at radius 1 is 1.48 bits per heavy atom. The third-order valence-corrected chi connectivity index (χ3v) is 6.15. The van der Waals surface area contributed by atoms with Crippen molar-refractivity contribution >= 4 is 27.3 Å². The van der Waals surface area contributed by atoms with Crippen molar-refractivity contribution in [3.8, 4) is 0 Å². The van der Waals surface area contributed by atoms with Crippen LogP contribution in [0.5, 0.6) is 0 Å². The van der Waals surface area contributed by atoms with Crippen LogP contribution in [0.15, 0.2) is 15.9 Å². The minimum atomic E-state index is -0.428. The van der Waals surface area contributed by atoms with E-state index in [2.05, 4.69) is 39.6 Å². The van der Waals surface area contributed by atoms with Crippen LogP contribution in [0, 0.1) is 5.92 Å². The van der Waals surface area contributed by atoms with Gasteiger partial charge in [-0.05, 0) is 46.1 Å². The summed E-state index contributed by atoms with van der Waals surface area (Å²) in [5, 5.41) is 15.4. The van der Waals surface area contributed by atoms with Gasteiger partial charge in [0.05, 0.1) is 18.8 Å². The average Bonchev–Trinajstić information content (AvgIpc) is 2.91. The van der Waals surface area contributed by atoms with E-state index in [1.807, 2.05) is 0 Å². The van der Waals surface area contributed by atoms with Crippen LogP contribution in [0.1, 0.15) is 43.9 Å². The first-order valence-corrected chi connectivity index (χ1v) is 9.60. The molecular weight excluding hydrogens is 350 g/mol. The van der Waals surface area contributed by atoms with Gasteiger partial charge in [-0.3, -0.25) is 0 Å². The fourth-order valence-corrected chi connectivity index (χ4v) is 4.42. The number of thiophene rings is 1. The van der Waals surface area contributed by atoms with Crippen LogP contribution in [0.25, 0.3) is 0 Å². The molecule has 3 nitrogen and oxygen atoms in total. The minimum absolute atomic E-state index is 0.352. The molecule has 1 aromatic heterocycles. The fourth-order valence-electron chi connectivity index (χ4n) is 2.96. The molecule has 1 aliphatic carbocycles. The van der Waals surface area contributed by atoms with Gasteiger partial charge in [0, 0.05) is 22.4 Å². The van der Waals surface area contributed by atoms with E-state index in [1.54, 1.807) is 11.3 Å². The number of hydrogen-bond donors (Lipinski definition) is 2. The summed E-state index contributed by atoms with van der Waals surface area (Å²) in [6.07, 6.45) is 6.14. The summed E-state index contributed by atoms with van der Waals surface area (Å²) in [4.78, 5) is 1.27. The molecule has 21 heavy (non-hydrogen) atoms. The zero-order valence-electron chi connectivity index (χ0n) is 12.7. The van der Waals surface area contributed by atoms with E-state index in [0.717, 1.165) is 17.4 Å². The lowest BCUT2D eigenvalue weighted by atomic mass is 9.85. The van der Waals surface area contributed by atoms with Gasteiger partial charge in [0.15, 0.2) is 0 Å². The van der Waals surface area contributed by atoms with Gasteiger partial charge < -0.3 is 15.2 Å². The fraction of sp³-hybridized carbons (Fsp3) is 0.750. The normalized spacial score (nSPS) is 24.1. The molecule has 0 aromatic carbocycles. The van der Waals surface area contributed by atoms with Gasteiger partial charge in [0.2, 0.25) is 0 Å². The van der Waals surface area contributed by atoms with Crippen LogP contribution < -0.4 is 5.32 Å². The highest BCUT2D eigenvalue weighted by molar-refractivity contribution is 9.10. The summed E-state index contributed by atoms with van der Waals surface area (Å²) >= 11 is 5.23. The highest BCUT2D eigenvalue weighted by Crippen LogP contribution is 2.29. The van der Waals surface area contributed by atoms with Crippen molar-refractivity contribution in [2.24, 2.45) is 5.92 Å². The predicted octanol–water partition coefficient (Wildman–Crippen LogP) is 3.95. The van der Waals surface area contributed by atoms with Crippen molar-refractivity contribution in [2.75, 3.05) is 13.2 Å². The summed E-state index contributed by atoms with van der Waals surface area (Å²) in [5.41, 5.74) is 0. The lowest BCUT2D eigenvalue weighted by Gasteiger charge is -2.31. The van der Waals surface area contributed by atoms with Crippen molar-refractivity contribution in [3.05, 3.63) is 20.8 Å². The summed E-state index contributed by atoms with van der Waals surface area (Å²) < 4.78 is 7.10. The maximum absolute atomic E-state index is 10.0. The highest BCUT2D eigenvalue weighted by atomic mass is 79.9. The van der Waals surface area contributed by atoms with Crippen LogP contribution in [0.3, 0.4) is 0 Å². The first-order valence-electron chi connectivity index (χ1n) is 7.93. The van der Waals surface area contributed by atoms with Crippen LogP contribution in [0.2, 0.25) is 0 Å². The van der Waals surface area contributed by atoms with E-state index in [-0.39, 0.29) is 0 Å². The monoisotopic (exact) mass is 375 g/mol. The molecule has 0 spiro atoms. The van der Waals surface area contributed by atoms with Crippen LogP contribution >= 0.6 is 27.3 Å². The Labute approximate surface area is 140 Å². The molecule has 3 atom stereocenters. The third-order valence-electron chi connectivity index (χ3n) is 4.22. The Hall–Kier alpha value is 0.0600. The Kier molecular flexibility index (Phi) is 7.68. The predicted molar refractivity (Wildman–Crippen MR) is 91.7 cm³/mol. The third kappa shape index (κ3) is 5.64. The molecule has 5 heteroatoms. The summed E-state index contributed by atoms with van der Waals surface area (Å²) in [6.45, 7) is 4.05. The van der Waals surface area contributed by atoms with E-state index in [0.29, 0.717) is 25.2 Å². The van der Waals surface area contributed by atoms with Gasteiger partial charge in [-0.1, -0.05) is 26.2 Å². The van der Waals surface area contributed by atoms with Gasteiger partial charge in [-0.15, -0.1) is 11.3 Å². The van der Waals surface area contributed by atoms with Crippen LogP contribution in [0.4, 0.5) is 0 Å². The first kappa shape index (κ1) is 17.4. The first-order chi connectivity index (χ1) is 10.2. The molecule has 0 radical (unpaired) electrons. The largest absolute Gasteiger partial charge is 0.389 e. The van der Waals surface area contributed by atoms with E-state index in [9.17, 15) is 5.11 Å². The van der Waals surface area contributed by atoms with E-state index < -0.39 is 6.10 Å². The Bertz CT molecular complexity index is 413. The molecule has 2 rings (SSSR count). The SMILES string of the molecule is CCC1CCCCC1OCC(O)CNCc1sccc1Br. The summed E-state index contributed by atoms with van der Waals surface area (Å²) in [6, 6.07) is 2.05. The molecular formula is C16H26BrNO2S. The second-order valence-corrected chi connectivity index (χ2v) is 7.66. The number of ether oxygens (including phenoxy) is 1. The molecule has 1 aromatic rings. The molecule has 1 saturated carbocycles. The van der Waals surface area contributed by atoms with Crippen molar-refractivity contribution in [1.82, 2.24) is 5.32 Å². The number of halogens is 1. The lowest BCUT2D eigenvalue weighted by molar-refractivity contribution is -0.0499. The molecule has 1 heterocycles. The molecule has 0 amide bonds. The average molecular weight is 376 g/mol. The number of rotatable bonds is 8. The molecule has 2 N–H and O–H groups in total. The number of nitrogens with one attached hydrogen (secondary N) is 1. The Morgan fingerprint density at radius 3 is 3.00 bits per heavy atom. The second-order valence-electron chi connectivity index (χ2n) is 5.80. The summed E-state index contributed by atoms with van der Waals surface area (Å²) in [5.74, 6) is 0.681. The quantitative estimate of drug-likeness (QED) is 0.722. The molecule has 1 fully saturated rings. The van der Waals surface area contributed by atoms with Crippen LogP contribution in [-0.2, 0) is 11.3 Å². The molecule has 1 aliphatic rings. The molecule has 0 aliphatic heterocycles. The zero-order valence-corrected chi connectivity index (χ0v) is 15.1. The topological polar surface area (TPSA) is 41.5 Å².